The highest BCUT2D eigenvalue weighted by molar-refractivity contribution is 7.15. The third-order valence-electron chi connectivity index (χ3n) is 3.50. The molecule has 3 rings (SSSR count). The maximum atomic E-state index is 12.4. The zero-order valence-electron chi connectivity index (χ0n) is 12.5. The van der Waals surface area contributed by atoms with E-state index in [-0.39, 0.29) is 23.1 Å². The molecule has 2 N–H and O–H groups in total. The predicted molar refractivity (Wildman–Crippen MR) is 85.5 cm³/mol. The van der Waals surface area contributed by atoms with Gasteiger partial charge in [-0.1, -0.05) is 0 Å². The van der Waals surface area contributed by atoms with E-state index in [0.29, 0.717) is 5.56 Å². The number of carbonyl (C=O) groups excluding carboxylic acids is 1. The SMILES string of the molecule is Cc1cc(C)c(C(=O)NC(C)c2cn3ccsc3n2)c(=O)[nH]1. The number of pyridine rings is 1. The van der Waals surface area contributed by atoms with E-state index in [1.54, 1.807) is 19.9 Å². The number of thiazole rings is 1. The topological polar surface area (TPSA) is 79.3 Å². The van der Waals surface area contributed by atoms with Gasteiger partial charge in [-0.3, -0.25) is 14.0 Å². The summed E-state index contributed by atoms with van der Waals surface area (Å²) in [5.41, 5.74) is 1.95. The lowest BCUT2D eigenvalue weighted by atomic mass is 10.1. The Balaban J connectivity index is 1.85. The molecule has 1 unspecified atom stereocenters. The number of hydrogen-bond acceptors (Lipinski definition) is 4. The second kappa shape index (κ2) is 5.42. The van der Waals surface area contributed by atoms with Crippen LogP contribution in [0.2, 0.25) is 0 Å². The predicted octanol–water partition coefficient (Wildman–Crippen LogP) is 2.19. The van der Waals surface area contributed by atoms with Gasteiger partial charge in [-0.05, 0) is 32.4 Å². The van der Waals surface area contributed by atoms with E-state index >= 15 is 0 Å². The van der Waals surface area contributed by atoms with E-state index in [1.807, 2.05) is 29.1 Å². The Morgan fingerprint density at radius 3 is 2.91 bits per heavy atom. The normalized spacial score (nSPS) is 12.5. The van der Waals surface area contributed by atoms with Crippen LogP contribution in [-0.2, 0) is 0 Å². The summed E-state index contributed by atoms with van der Waals surface area (Å²) in [6.07, 6.45) is 3.79. The Morgan fingerprint density at radius 1 is 1.45 bits per heavy atom. The van der Waals surface area contributed by atoms with Crippen LogP contribution in [-0.4, -0.2) is 20.3 Å². The van der Waals surface area contributed by atoms with Crippen molar-refractivity contribution in [2.45, 2.75) is 26.8 Å². The summed E-state index contributed by atoms with van der Waals surface area (Å²) < 4.78 is 1.91. The van der Waals surface area contributed by atoms with Gasteiger partial charge in [0, 0.05) is 23.5 Å². The number of nitrogens with one attached hydrogen (secondary N) is 2. The van der Waals surface area contributed by atoms with Crippen molar-refractivity contribution >= 4 is 22.2 Å². The van der Waals surface area contributed by atoms with Crippen LogP contribution in [0.1, 0.15) is 40.3 Å². The Kier molecular flexibility index (Phi) is 3.58. The van der Waals surface area contributed by atoms with Crippen molar-refractivity contribution in [3.05, 3.63) is 56.7 Å². The van der Waals surface area contributed by atoms with Crippen LogP contribution in [0.4, 0.5) is 0 Å². The van der Waals surface area contributed by atoms with Gasteiger partial charge in [0.05, 0.1) is 11.7 Å². The zero-order chi connectivity index (χ0) is 15.9. The number of aryl methyl sites for hydroxylation is 2. The number of carbonyl (C=O) groups is 1. The van der Waals surface area contributed by atoms with Gasteiger partial charge < -0.3 is 10.3 Å². The second-order valence-electron chi connectivity index (χ2n) is 5.29. The summed E-state index contributed by atoms with van der Waals surface area (Å²) >= 11 is 1.53. The highest BCUT2D eigenvalue weighted by atomic mass is 32.1. The quantitative estimate of drug-likeness (QED) is 0.777. The average Bonchev–Trinajstić information content (AvgIpc) is 2.97. The van der Waals surface area contributed by atoms with E-state index in [1.165, 1.54) is 11.3 Å². The van der Waals surface area contributed by atoms with Crippen molar-refractivity contribution in [1.82, 2.24) is 19.7 Å². The largest absolute Gasteiger partial charge is 0.344 e. The van der Waals surface area contributed by atoms with Crippen molar-refractivity contribution in [3.63, 3.8) is 0 Å². The molecule has 3 aromatic rings. The number of aromatic amines is 1. The molecule has 0 aliphatic heterocycles. The van der Waals surface area contributed by atoms with Crippen molar-refractivity contribution in [1.29, 1.82) is 0 Å². The Labute approximate surface area is 130 Å². The molecule has 0 saturated carbocycles. The van der Waals surface area contributed by atoms with Gasteiger partial charge in [-0.2, -0.15) is 0 Å². The summed E-state index contributed by atoms with van der Waals surface area (Å²) in [6, 6.07) is 1.51. The molecule has 6 nitrogen and oxygen atoms in total. The van der Waals surface area contributed by atoms with Crippen LogP contribution in [0, 0.1) is 13.8 Å². The van der Waals surface area contributed by atoms with Gasteiger partial charge in [0.15, 0.2) is 4.96 Å². The van der Waals surface area contributed by atoms with Crippen molar-refractivity contribution in [3.8, 4) is 0 Å². The van der Waals surface area contributed by atoms with E-state index in [2.05, 4.69) is 15.3 Å². The standard InChI is InChI=1S/C15H16N4O2S/c1-8-6-9(2)16-13(20)12(8)14(21)17-10(3)11-7-19-4-5-22-15(19)18-11/h4-7,10H,1-3H3,(H,16,20)(H,17,21). The lowest BCUT2D eigenvalue weighted by Gasteiger charge is -2.12. The second-order valence-corrected chi connectivity index (χ2v) is 6.17. The van der Waals surface area contributed by atoms with Crippen molar-refractivity contribution < 1.29 is 4.79 Å². The molecule has 0 radical (unpaired) electrons. The van der Waals surface area contributed by atoms with Crippen LogP contribution >= 0.6 is 11.3 Å². The van der Waals surface area contributed by atoms with E-state index in [9.17, 15) is 9.59 Å². The fraction of sp³-hybridized carbons (Fsp3) is 0.267. The molecule has 114 valence electrons. The maximum absolute atomic E-state index is 12.4. The summed E-state index contributed by atoms with van der Waals surface area (Å²) in [6.45, 7) is 5.40. The highest BCUT2D eigenvalue weighted by Gasteiger charge is 2.19. The average molecular weight is 316 g/mol. The molecule has 0 saturated heterocycles. The Bertz CT molecular complexity index is 877. The molecule has 1 atom stereocenters. The van der Waals surface area contributed by atoms with E-state index in [0.717, 1.165) is 16.3 Å². The van der Waals surface area contributed by atoms with Gasteiger partial charge in [0.2, 0.25) is 0 Å². The first-order valence-corrected chi connectivity index (χ1v) is 7.77. The summed E-state index contributed by atoms with van der Waals surface area (Å²) in [5.74, 6) is -0.386. The van der Waals surface area contributed by atoms with E-state index in [4.69, 9.17) is 0 Å². The van der Waals surface area contributed by atoms with Gasteiger partial charge in [0.1, 0.15) is 5.56 Å². The molecular weight excluding hydrogens is 300 g/mol. The molecule has 0 fully saturated rings. The first kappa shape index (κ1) is 14.5. The summed E-state index contributed by atoms with van der Waals surface area (Å²) in [5, 5.41) is 4.78. The van der Waals surface area contributed by atoms with Crippen molar-refractivity contribution in [2.24, 2.45) is 0 Å². The smallest absolute Gasteiger partial charge is 0.261 e. The number of hydrogen-bond donors (Lipinski definition) is 2. The first-order valence-electron chi connectivity index (χ1n) is 6.89. The minimum Gasteiger partial charge on any atom is -0.344 e. The molecule has 0 spiro atoms. The Hall–Kier alpha value is -2.41. The van der Waals surface area contributed by atoms with Crippen LogP contribution in [0.5, 0.6) is 0 Å². The molecule has 22 heavy (non-hydrogen) atoms. The molecule has 7 heteroatoms. The lowest BCUT2D eigenvalue weighted by molar-refractivity contribution is 0.0937. The molecule has 3 heterocycles. The van der Waals surface area contributed by atoms with Crippen LogP contribution in [0.3, 0.4) is 0 Å². The first-order chi connectivity index (χ1) is 10.5. The highest BCUT2D eigenvalue weighted by Crippen LogP contribution is 2.17. The molecule has 0 aliphatic rings. The van der Waals surface area contributed by atoms with Gasteiger partial charge in [-0.25, -0.2) is 4.98 Å². The zero-order valence-corrected chi connectivity index (χ0v) is 13.3. The molecule has 3 aromatic heterocycles. The fourth-order valence-corrected chi connectivity index (χ4v) is 3.14. The minimum atomic E-state index is -0.386. The molecule has 0 aliphatic carbocycles. The lowest BCUT2D eigenvalue weighted by Crippen LogP contribution is -2.33. The summed E-state index contributed by atoms with van der Waals surface area (Å²) in [4.78, 5) is 32.3. The number of fused-ring (bicyclic) bond motifs is 1. The number of nitrogens with zero attached hydrogens (tertiary/aromatic N) is 2. The van der Waals surface area contributed by atoms with Gasteiger partial charge in [-0.15, -0.1) is 11.3 Å². The summed E-state index contributed by atoms with van der Waals surface area (Å²) in [7, 11) is 0. The Morgan fingerprint density at radius 2 is 2.23 bits per heavy atom. The van der Waals surface area contributed by atoms with Crippen LogP contribution in [0.15, 0.2) is 28.6 Å². The number of amides is 1. The molecule has 1 amide bonds. The number of H-pyrrole nitrogens is 1. The third-order valence-corrected chi connectivity index (χ3v) is 4.27. The fourth-order valence-electron chi connectivity index (χ4n) is 2.43. The van der Waals surface area contributed by atoms with Gasteiger partial charge in [0.25, 0.3) is 11.5 Å². The number of imidazole rings is 1. The number of aromatic nitrogens is 3. The third kappa shape index (κ3) is 2.55. The minimum absolute atomic E-state index is 0.151. The molecule has 0 bridgehead atoms. The monoisotopic (exact) mass is 316 g/mol. The van der Waals surface area contributed by atoms with Gasteiger partial charge >= 0.3 is 0 Å². The number of rotatable bonds is 3. The van der Waals surface area contributed by atoms with Crippen LogP contribution < -0.4 is 10.9 Å². The van der Waals surface area contributed by atoms with E-state index < -0.39 is 0 Å². The van der Waals surface area contributed by atoms with Crippen molar-refractivity contribution in [2.75, 3.05) is 0 Å². The van der Waals surface area contributed by atoms with Crippen LogP contribution in [0.25, 0.3) is 4.96 Å². The molecular formula is C15H16N4O2S. The maximum Gasteiger partial charge on any atom is 0.261 e. The molecule has 0 aromatic carbocycles.